The van der Waals surface area contributed by atoms with Crippen LogP contribution in [0.25, 0.3) is 22.8 Å². The number of anilines is 1. The number of amides is 1. The molecule has 3 heterocycles. The van der Waals surface area contributed by atoms with Crippen molar-refractivity contribution >= 4 is 34.1 Å². The second kappa shape index (κ2) is 9.06. The molecule has 0 aliphatic heterocycles. The monoisotopic (exact) mass is 441 g/mol. The number of nitrogens with zero attached hydrogens (tertiary/aromatic N) is 4. The van der Waals surface area contributed by atoms with Crippen LogP contribution in [0.2, 0.25) is 0 Å². The molecule has 0 aliphatic carbocycles. The van der Waals surface area contributed by atoms with Crippen molar-refractivity contribution in [2.24, 2.45) is 0 Å². The number of aromatic nitrogens is 4. The maximum absolute atomic E-state index is 14.2. The van der Waals surface area contributed by atoms with E-state index in [0.29, 0.717) is 39.7 Å². The first kappa shape index (κ1) is 20.0. The van der Waals surface area contributed by atoms with Gasteiger partial charge in [0.05, 0.1) is 17.6 Å². The zero-order valence-electron chi connectivity index (χ0n) is 15.6. The van der Waals surface area contributed by atoms with E-state index < -0.39 is 0 Å². The fraction of sp³-hybridized carbons (Fsp3) is 0.100. The van der Waals surface area contributed by atoms with E-state index in [0.717, 1.165) is 0 Å². The molecule has 7 nitrogen and oxygen atoms in total. The van der Waals surface area contributed by atoms with Crippen LogP contribution >= 0.6 is 23.1 Å². The Labute approximate surface area is 179 Å². The van der Waals surface area contributed by atoms with Gasteiger partial charge in [-0.25, -0.2) is 9.37 Å². The molecule has 0 bridgehead atoms. The van der Waals surface area contributed by atoms with Gasteiger partial charge < -0.3 is 9.73 Å². The average molecular weight is 442 g/mol. The number of benzene rings is 1. The third-order valence-electron chi connectivity index (χ3n) is 4.00. The molecule has 152 valence electrons. The van der Waals surface area contributed by atoms with Crippen molar-refractivity contribution < 1.29 is 13.6 Å². The van der Waals surface area contributed by atoms with E-state index in [1.165, 1.54) is 29.2 Å². The topological polar surface area (TPSA) is 85.8 Å². The zero-order valence-corrected chi connectivity index (χ0v) is 17.3. The second-order valence-corrected chi connectivity index (χ2v) is 7.84. The Kier molecular flexibility index (Phi) is 6.05. The van der Waals surface area contributed by atoms with Gasteiger partial charge in [0, 0.05) is 11.9 Å². The highest BCUT2D eigenvalue weighted by atomic mass is 32.2. The lowest BCUT2D eigenvalue weighted by molar-refractivity contribution is -0.113. The van der Waals surface area contributed by atoms with E-state index in [1.54, 1.807) is 47.2 Å². The van der Waals surface area contributed by atoms with Crippen LogP contribution in [0.4, 0.5) is 9.52 Å². The average Bonchev–Trinajstić information content (AvgIpc) is 3.48. The Morgan fingerprint density at radius 1 is 1.30 bits per heavy atom. The molecule has 0 aliphatic rings. The number of carbonyl (C=O) groups excluding carboxylic acids is 1. The van der Waals surface area contributed by atoms with Crippen molar-refractivity contribution in [1.82, 2.24) is 19.7 Å². The highest BCUT2D eigenvalue weighted by Gasteiger charge is 2.18. The highest BCUT2D eigenvalue weighted by Crippen LogP contribution is 2.27. The minimum atomic E-state index is -0.388. The fourth-order valence-electron chi connectivity index (χ4n) is 2.69. The van der Waals surface area contributed by atoms with Crippen LogP contribution in [0.15, 0.2) is 70.3 Å². The first-order chi connectivity index (χ1) is 14.7. The first-order valence-corrected chi connectivity index (χ1v) is 10.7. The predicted molar refractivity (Wildman–Crippen MR) is 115 cm³/mol. The summed E-state index contributed by atoms with van der Waals surface area (Å²) in [6.07, 6.45) is 3.24. The first-order valence-electron chi connectivity index (χ1n) is 8.86. The lowest BCUT2D eigenvalue weighted by Crippen LogP contribution is -2.14. The van der Waals surface area contributed by atoms with Crippen LogP contribution in [0.5, 0.6) is 0 Å². The lowest BCUT2D eigenvalue weighted by atomic mass is 10.2. The van der Waals surface area contributed by atoms with Crippen molar-refractivity contribution in [2.45, 2.75) is 11.7 Å². The lowest BCUT2D eigenvalue weighted by Gasteiger charge is -2.08. The molecule has 0 unspecified atom stereocenters. The van der Waals surface area contributed by atoms with Gasteiger partial charge in [0.25, 0.3) is 0 Å². The van der Waals surface area contributed by atoms with Crippen LogP contribution in [-0.2, 0) is 11.3 Å². The summed E-state index contributed by atoms with van der Waals surface area (Å²) in [6, 6.07) is 9.93. The smallest absolute Gasteiger partial charge is 0.236 e. The molecular weight excluding hydrogens is 425 g/mol. The SMILES string of the molecule is C=CCn1c(SCC(=O)Nc2nc(-c3ccco3)cs2)nnc1-c1ccccc1F. The number of carbonyl (C=O) groups is 1. The Morgan fingerprint density at radius 2 is 2.17 bits per heavy atom. The molecule has 1 amide bonds. The summed E-state index contributed by atoms with van der Waals surface area (Å²) < 4.78 is 21.2. The number of allylic oxidation sites excluding steroid dienone is 1. The van der Waals surface area contributed by atoms with E-state index in [9.17, 15) is 9.18 Å². The molecule has 0 spiro atoms. The van der Waals surface area contributed by atoms with Gasteiger partial charge in [-0.2, -0.15) is 0 Å². The second-order valence-electron chi connectivity index (χ2n) is 6.04. The van der Waals surface area contributed by atoms with Gasteiger partial charge >= 0.3 is 0 Å². The van der Waals surface area contributed by atoms with Gasteiger partial charge in [-0.05, 0) is 24.3 Å². The van der Waals surface area contributed by atoms with Gasteiger partial charge in [0.2, 0.25) is 5.91 Å². The van der Waals surface area contributed by atoms with Crippen LogP contribution in [0, 0.1) is 5.82 Å². The summed E-state index contributed by atoms with van der Waals surface area (Å²) >= 11 is 2.52. The molecule has 4 rings (SSSR count). The number of furan rings is 1. The molecule has 0 atom stereocenters. The molecule has 1 N–H and O–H groups in total. The van der Waals surface area contributed by atoms with Gasteiger partial charge in [-0.15, -0.1) is 28.1 Å². The van der Waals surface area contributed by atoms with E-state index in [1.807, 2.05) is 5.38 Å². The fourth-order valence-corrected chi connectivity index (χ4v) is 4.15. The van der Waals surface area contributed by atoms with Crippen LogP contribution < -0.4 is 5.32 Å². The molecule has 4 aromatic rings. The number of thiazole rings is 1. The Morgan fingerprint density at radius 3 is 2.93 bits per heavy atom. The summed E-state index contributed by atoms with van der Waals surface area (Å²) in [5, 5.41) is 13.8. The van der Waals surface area contributed by atoms with Gasteiger partial charge in [-0.1, -0.05) is 30.0 Å². The number of hydrogen-bond acceptors (Lipinski definition) is 7. The standard InChI is InChI=1S/C20H16FN5O2S2/c1-2-9-26-18(13-6-3-4-7-14(13)21)24-25-20(26)30-12-17(27)23-19-22-15(11-29-19)16-8-5-10-28-16/h2-8,10-11H,1,9,12H2,(H,22,23,27). The van der Waals surface area contributed by atoms with Gasteiger partial charge in [0.15, 0.2) is 21.9 Å². The summed E-state index contributed by atoms with van der Waals surface area (Å²) in [5.74, 6) is 0.502. The highest BCUT2D eigenvalue weighted by molar-refractivity contribution is 7.99. The van der Waals surface area contributed by atoms with Crippen molar-refractivity contribution in [1.29, 1.82) is 0 Å². The minimum Gasteiger partial charge on any atom is -0.463 e. The maximum Gasteiger partial charge on any atom is 0.236 e. The molecule has 1 aromatic carbocycles. The maximum atomic E-state index is 14.2. The quantitative estimate of drug-likeness (QED) is 0.315. The summed E-state index contributed by atoms with van der Waals surface area (Å²) in [7, 11) is 0. The van der Waals surface area contributed by atoms with Crippen LogP contribution in [-0.4, -0.2) is 31.4 Å². The van der Waals surface area contributed by atoms with E-state index in [-0.39, 0.29) is 17.5 Å². The number of nitrogens with one attached hydrogen (secondary N) is 1. The van der Waals surface area contributed by atoms with E-state index in [4.69, 9.17) is 4.42 Å². The van der Waals surface area contributed by atoms with E-state index >= 15 is 0 Å². The molecule has 0 saturated heterocycles. The normalized spacial score (nSPS) is 10.8. The Hall–Kier alpha value is -3.24. The predicted octanol–water partition coefficient (Wildman–Crippen LogP) is 4.72. The molecule has 0 saturated carbocycles. The van der Waals surface area contributed by atoms with Crippen molar-refractivity contribution in [2.75, 3.05) is 11.1 Å². The Balaban J connectivity index is 1.44. The summed E-state index contributed by atoms with van der Waals surface area (Å²) in [4.78, 5) is 16.7. The summed E-state index contributed by atoms with van der Waals surface area (Å²) in [6.45, 7) is 4.12. The third kappa shape index (κ3) is 4.34. The number of halogens is 1. The molecule has 30 heavy (non-hydrogen) atoms. The summed E-state index contributed by atoms with van der Waals surface area (Å²) in [5.41, 5.74) is 1.00. The number of hydrogen-bond donors (Lipinski definition) is 1. The van der Waals surface area contributed by atoms with Crippen LogP contribution in [0.1, 0.15) is 0 Å². The zero-order chi connectivity index (χ0) is 20.9. The molecule has 0 radical (unpaired) electrons. The third-order valence-corrected chi connectivity index (χ3v) is 5.72. The number of thioether (sulfide) groups is 1. The van der Waals surface area contributed by atoms with Gasteiger partial charge in [-0.3, -0.25) is 9.36 Å². The Bertz CT molecular complexity index is 1170. The molecule has 10 heteroatoms. The van der Waals surface area contributed by atoms with Crippen molar-refractivity contribution in [3.8, 4) is 22.8 Å². The molecule has 3 aromatic heterocycles. The minimum absolute atomic E-state index is 0.0994. The van der Waals surface area contributed by atoms with Crippen molar-refractivity contribution in [3.05, 3.63) is 66.5 Å². The molecular formula is C20H16FN5O2S2. The molecule has 0 fully saturated rings. The number of rotatable bonds is 8. The van der Waals surface area contributed by atoms with Gasteiger partial charge in [0.1, 0.15) is 11.5 Å². The largest absolute Gasteiger partial charge is 0.463 e. The van der Waals surface area contributed by atoms with Crippen LogP contribution in [0.3, 0.4) is 0 Å². The van der Waals surface area contributed by atoms with E-state index in [2.05, 4.69) is 27.1 Å². The van der Waals surface area contributed by atoms with Crippen molar-refractivity contribution in [3.63, 3.8) is 0 Å².